The second-order valence-corrected chi connectivity index (χ2v) is 9.52. The van der Waals surface area contributed by atoms with Crippen molar-refractivity contribution < 1.29 is 8.42 Å². The van der Waals surface area contributed by atoms with E-state index >= 15 is 0 Å². The Kier molecular flexibility index (Phi) is 4.22. The van der Waals surface area contributed by atoms with Crippen LogP contribution in [-0.4, -0.2) is 45.6 Å². The van der Waals surface area contributed by atoms with Gasteiger partial charge in [-0.3, -0.25) is 0 Å². The van der Waals surface area contributed by atoms with E-state index in [9.17, 15) is 8.42 Å². The van der Waals surface area contributed by atoms with Crippen molar-refractivity contribution in [3.8, 4) is 22.0 Å². The molecule has 2 aromatic heterocycles. The molecule has 28 heavy (non-hydrogen) atoms. The van der Waals surface area contributed by atoms with Crippen LogP contribution in [0.2, 0.25) is 0 Å². The fourth-order valence-electron chi connectivity index (χ4n) is 3.37. The molecule has 142 valence electrons. The molecule has 0 unspecified atom stereocenters. The lowest BCUT2D eigenvalue weighted by molar-refractivity contribution is 0.477. The molecule has 1 saturated heterocycles. The molecule has 0 spiro atoms. The van der Waals surface area contributed by atoms with E-state index in [1.807, 2.05) is 36.4 Å². The van der Waals surface area contributed by atoms with Crippen LogP contribution in [0, 0.1) is 0 Å². The lowest BCUT2D eigenvalue weighted by Crippen LogP contribution is -2.27. The lowest BCUT2D eigenvalue weighted by Gasteiger charge is -2.15. The van der Waals surface area contributed by atoms with Crippen molar-refractivity contribution in [3.63, 3.8) is 0 Å². The van der Waals surface area contributed by atoms with E-state index in [1.54, 1.807) is 27.0 Å². The van der Waals surface area contributed by atoms with Crippen molar-refractivity contribution in [1.29, 1.82) is 0 Å². The smallest absolute Gasteiger partial charge is 0.207 e. The van der Waals surface area contributed by atoms with Crippen LogP contribution in [0.15, 0.2) is 59.5 Å². The highest BCUT2D eigenvalue weighted by atomic mass is 32.2. The molecule has 4 aromatic rings. The molecule has 0 aliphatic carbocycles. The fraction of sp³-hybridized carbons (Fsp3) is 0.211. The number of hydrogen-bond donors (Lipinski definition) is 0. The number of benzene rings is 2. The molecule has 0 saturated carbocycles. The molecule has 0 bridgehead atoms. The molecular weight excluding hydrogens is 394 g/mol. The van der Waals surface area contributed by atoms with E-state index in [2.05, 4.69) is 15.3 Å². The van der Waals surface area contributed by atoms with Gasteiger partial charge in [0, 0.05) is 24.2 Å². The topological polar surface area (TPSA) is 80.5 Å². The van der Waals surface area contributed by atoms with Crippen molar-refractivity contribution >= 4 is 26.3 Å². The van der Waals surface area contributed by atoms with E-state index in [-0.39, 0.29) is 0 Å². The molecule has 5 rings (SSSR count). The Morgan fingerprint density at radius 3 is 2.43 bits per heavy atom. The van der Waals surface area contributed by atoms with Crippen LogP contribution in [0.5, 0.6) is 0 Å². The van der Waals surface area contributed by atoms with Gasteiger partial charge in [-0.2, -0.15) is 13.9 Å². The number of sulfonamides is 1. The molecule has 2 aromatic carbocycles. The van der Waals surface area contributed by atoms with E-state index in [0.29, 0.717) is 33.8 Å². The monoisotopic (exact) mass is 411 g/mol. The van der Waals surface area contributed by atoms with Crippen LogP contribution in [-0.2, 0) is 10.0 Å². The average molecular weight is 412 g/mol. The van der Waals surface area contributed by atoms with Crippen molar-refractivity contribution in [2.45, 2.75) is 17.7 Å². The zero-order chi connectivity index (χ0) is 19.1. The summed E-state index contributed by atoms with van der Waals surface area (Å²) in [6.07, 6.45) is 1.83. The Bertz CT molecular complexity index is 1240. The van der Waals surface area contributed by atoms with Gasteiger partial charge in [0.1, 0.15) is 5.01 Å². The molecule has 1 aliphatic heterocycles. The summed E-state index contributed by atoms with van der Waals surface area (Å²) in [7, 11) is -3.46. The van der Waals surface area contributed by atoms with Crippen LogP contribution in [0.4, 0.5) is 0 Å². The molecule has 1 aliphatic rings. The molecule has 3 heterocycles. The van der Waals surface area contributed by atoms with Crippen LogP contribution in [0.25, 0.3) is 26.9 Å². The van der Waals surface area contributed by atoms with Crippen molar-refractivity contribution in [1.82, 2.24) is 24.1 Å². The molecule has 7 nitrogen and oxygen atoms in total. The molecule has 1 fully saturated rings. The van der Waals surface area contributed by atoms with E-state index in [4.69, 9.17) is 0 Å². The summed E-state index contributed by atoms with van der Waals surface area (Å²) < 4.78 is 29.0. The number of hydrogen-bond acceptors (Lipinski definition) is 6. The van der Waals surface area contributed by atoms with Gasteiger partial charge in [0.15, 0.2) is 5.82 Å². The highest BCUT2D eigenvalue weighted by Crippen LogP contribution is 2.30. The molecular formula is C19H17N5O2S2. The molecule has 0 N–H and O–H groups in total. The minimum atomic E-state index is -3.46. The van der Waals surface area contributed by atoms with E-state index in [1.165, 1.54) is 11.3 Å². The molecule has 0 radical (unpaired) electrons. The third-order valence-electron chi connectivity index (χ3n) is 4.81. The summed E-state index contributed by atoms with van der Waals surface area (Å²) in [5.41, 5.74) is 1.69. The normalized spacial score (nSPS) is 15.4. The van der Waals surface area contributed by atoms with Gasteiger partial charge in [0.05, 0.1) is 4.90 Å². The van der Waals surface area contributed by atoms with Gasteiger partial charge in [0.25, 0.3) is 0 Å². The van der Waals surface area contributed by atoms with Crippen LogP contribution >= 0.6 is 11.3 Å². The minimum absolute atomic E-state index is 0.307. The summed E-state index contributed by atoms with van der Waals surface area (Å²) >= 11 is 1.39. The fourth-order valence-corrected chi connectivity index (χ4v) is 5.77. The standard InChI is InChI=1S/C19H17N5O2S2/c25-28(26,23-11-4-5-12-23)16-10-6-9-15(13-16)18-22-24-17(20-21-19(24)27-18)14-7-2-1-3-8-14/h1-3,6-10,13H,4-5,11-12H2. The van der Waals surface area contributed by atoms with Crippen LogP contribution in [0.1, 0.15) is 12.8 Å². The Hall–Kier alpha value is -2.62. The predicted octanol–water partition coefficient (Wildman–Crippen LogP) is 3.30. The average Bonchev–Trinajstić information content (AvgIpc) is 3.46. The summed E-state index contributed by atoms with van der Waals surface area (Å²) in [5.74, 6) is 0.666. The highest BCUT2D eigenvalue weighted by Gasteiger charge is 2.27. The van der Waals surface area contributed by atoms with Crippen LogP contribution in [0.3, 0.4) is 0 Å². The summed E-state index contributed by atoms with van der Waals surface area (Å²) in [5, 5.41) is 13.8. The lowest BCUT2D eigenvalue weighted by atomic mass is 10.2. The highest BCUT2D eigenvalue weighted by molar-refractivity contribution is 7.89. The Balaban J connectivity index is 1.55. The van der Waals surface area contributed by atoms with Crippen molar-refractivity contribution in [2.75, 3.05) is 13.1 Å². The van der Waals surface area contributed by atoms with Gasteiger partial charge in [-0.15, -0.1) is 10.2 Å². The summed E-state index contributed by atoms with van der Waals surface area (Å²) in [6.45, 7) is 1.17. The maximum atomic E-state index is 12.9. The SMILES string of the molecule is O=S(=O)(c1cccc(-c2nn3c(-c4ccccc4)nnc3s2)c1)N1CCCC1. The van der Waals surface area contributed by atoms with Crippen molar-refractivity contribution in [3.05, 3.63) is 54.6 Å². The first-order chi connectivity index (χ1) is 13.6. The summed E-state index contributed by atoms with van der Waals surface area (Å²) in [4.78, 5) is 0.975. The number of rotatable bonds is 4. The van der Waals surface area contributed by atoms with Gasteiger partial charge in [0.2, 0.25) is 15.0 Å². The number of fused-ring (bicyclic) bond motifs is 1. The Labute approximate surface area is 166 Å². The Morgan fingerprint density at radius 2 is 1.64 bits per heavy atom. The van der Waals surface area contributed by atoms with Crippen molar-refractivity contribution in [2.24, 2.45) is 0 Å². The second kappa shape index (κ2) is 6.77. The third kappa shape index (κ3) is 2.92. The second-order valence-electron chi connectivity index (χ2n) is 6.63. The maximum absolute atomic E-state index is 12.9. The van der Waals surface area contributed by atoms with Gasteiger partial charge in [-0.25, -0.2) is 8.42 Å². The van der Waals surface area contributed by atoms with Gasteiger partial charge in [-0.05, 0) is 25.0 Å². The van der Waals surface area contributed by atoms with Gasteiger partial charge < -0.3 is 0 Å². The maximum Gasteiger partial charge on any atom is 0.243 e. The van der Waals surface area contributed by atoms with Gasteiger partial charge >= 0.3 is 0 Å². The minimum Gasteiger partial charge on any atom is -0.207 e. The first-order valence-electron chi connectivity index (χ1n) is 9.01. The van der Waals surface area contributed by atoms with Crippen LogP contribution < -0.4 is 0 Å². The summed E-state index contributed by atoms with van der Waals surface area (Å²) in [6, 6.07) is 16.7. The number of nitrogens with zero attached hydrogens (tertiary/aromatic N) is 5. The molecule has 0 amide bonds. The first-order valence-corrected chi connectivity index (χ1v) is 11.3. The Morgan fingerprint density at radius 1 is 0.893 bits per heavy atom. The largest absolute Gasteiger partial charge is 0.243 e. The molecule has 0 atom stereocenters. The zero-order valence-corrected chi connectivity index (χ0v) is 16.5. The quantitative estimate of drug-likeness (QED) is 0.515. The third-order valence-corrected chi connectivity index (χ3v) is 7.65. The first kappa shape index (κ1) is 17.5. The number of aromatic nitrogens is 4. The van der Waals surface area contributed by atoms with Gasteiger partial charge in [-0.1, -0.05) is 53.8 Å². The molecule has 9 heteroatoms. The zero-order valence-electron chi connectivity index (χ0n) is 14.9. The van der Waals surface area contributed by atoms with E-state index in [0.717, 1.165) is 24.0 Å². The predicted molar refractivity (Wildman–Crippen MR) is 108 cm³/mol. The van der Waals surface area contributed by atoms with E-state index < -0.39 is 10.0 Å².